The highest BCUT2D eigenvalue weighted by atomic mass is 16.2. The van der Waals surface area contributed by atoms with Crippen molar-refractivity contribution in [3.8, 4) is 11.1 Å². The molecule has 27 heavy (non-hydrogen) atoms. The molecule has 0 N–H and O–H groups in total. The third-order valence-corrected chi connectivity index (χ3v) is 5.38. The molecule has 0 spiro atoms. The summed E-state index contributed by atoms with van der Waals surface area (Å²) in [5.41, 5.74) is 7.91. The molecule has 3 heteroatoms. The first-order chi connectivity index (χ1) is 13.3. The summed E-state index contributed by atoms with van der Waals surface area (Å²) in [6.07, 6.45) is 1.59. The number of hydrogen-bond donors (Lipinski definition) is 0. The molecule has 0 bridgehead atoms. The van der Waals surface area contributed by atoms with Crippen LogP contribution in [0.2, 0.25) is 0 Å². The summed E-state index contributed by atoms with van der Waals surface area (Å²) < 4.78 is 0. The number of fused-ring (bicyclic) bond motifs is 1. The van der Waals surface area contributed by atoms with E-state index < -0.39 is 0 Å². The molecule has 2 aliphatic rings. The summed E-state index contributed by atoms with van der Waals surface area (Å²) in [4.78, 5) is 18.8. The van der Waals surface area contributed by atoms with E-state index in [1.54, 1.807) is 0 Å². The van der Waals surface area contributed by atoms with E-state index in [1.807, 2.05) is 11.0 Å². The van der Waals surface area contributed by atoms with Crippen molar-refractivity contribution in [2.75, 3.05) is 11.4 Å². The molecule has 0 radical (unpaired) electrons. The Hall–Kier alpha value is -3.20. The Morgan fingerprint density at radius 3 is 2.44 bits per heavy atom. The highest BCUT2D eigenvalue weighted by Crippen LogP contribution is 2.31. The van der Waals surface area contributed by atoms with E-state index in [4.69, 9.17) is 4.99 Å². The summed E-state index contributed by atoms with van der Waals surface area (Å²) >= 11 is 0. The molecular weight excluding hydrogens is 332 g/mol. The largest absolute Gasteiger partial charge is 0.312 e. The fourth-order valence-electron chi connectivity index (χ4n) is 3.98. The summed E-state index contributed by atoms with van der Waals surface area (Å²) in [7, 11) is 0. The van der Waals surface area contributed by atoms with Gasteiger partial charge in [0.25, 0.3) is 0 Å². The first-order valence-electron chi connectivity index (χ1n) is 9.43. The average Bonchev–Trinajstić information content (AvgIpc) is 3.34. The molecule has 1 fully saturated rings. The predicted molar refractivity (Wildman–Crippen MR) is 109 cm³/mol. The van der Waals surface area contributed by atoms with Crippen LogP contribution in [0.4, 0.5) is 5.69 Å². The lowest BCUT2D eigenvalue weighted by Gasteiger charge is -2.17. The Kier molecular flexibility index (Phi) is 3.86. The monoisotopic (exact) mass is 352 g/mol. The lowest BCUT2D eigenvalue weighted by molar-refractivity contribution is -0.117. The smallest absolute Gasteiger partial charge is 0.227 e. The average molecular weight is 352 g/mol. The Morgan fingerprint density at radius 1 is 0.815 bits per heavy atom. The van der Waals surface area contributed by atoms with Crippen LogP contribution in [-0.2, 0) is 11.3 Å². The highest BCUT2D eigenvalue weighted by Gasteiger charge is 2.24. The van der Waals surface area contributed by atoms with Gasteiger partial charge in [-0.05, 0) is 41.3 Å². The quantitative estimate of drug-likeness (QED) is 0.664. The summed E-state index contributed by atoms with van der Waals surface area (Å²) in [6, 6.07) is 25.3. The van der Waals surface area contributed by atoms with Crippen molar-refractivity contribution in [3.63, 3.8) is 0 Å². The summed E-state index contributed by atoms with van der Waals surface area (Å²) in [6.45, 7) is 1.52. The van der Waals surface area contributed by atoms with Gasteiger partial charge in [0.1, 0.15) is 0 Å². The van der Waals surface area contributed by atoms with Crippen LogP contribution >= 0.6 is 0 Å². The number of hydrogen-bond acceptors (Lipinski definition) is 2. The van der Waals surface area contributed by atoms with Gasteiger partial charge in [0, 0.05) is 29.8 Å². The van der Waals surface area contributed by atoms with Gasteiger partial charge < -0.3 is 4.90 Å². The van der Waals surface area contributed by atoms with Crippen LogP contribution in [0.1, 0.15) is 29.5 Å². The second-order valence-electron chi connectivity index (χ2n) is 7.10. The molecule has 5 rings (SSSR count). The topological polar surface area (TPSA) is 32.7 Å². The number of nitrogens with zero attached hydrogens (tertiary/aromatic N) is 2. The van der Waals surface area contributed by atoms with Crippen molar-refractivity contribution >= 4 is 17.3 Å². The van der Waals surface area contributed by atoms with Crippen molar-refractivity contribution in [1.82, 2.24) is 0 Å². The van der Waals surface area contributed by atoms with Gasteiger partial charge in [-0.1, -0.05) is 54.6 Å². The number of aliphatic imine (C=N–C) groups is 1. The second-order valence-corrected chi connectivity index (χ2v) is 7.10. The van der Waals surface area contributed by atoms with Gasteiger partial charge >= 0.3 is 0 Å². The molecule has 3 aromatic rings. The van der Waals surface area contributed by atoms with Gasteiger partial charge in [0.2, 0.25) is 5.91 Å². The molecule has 0 atom stereocenters. The summed E-state index contributed by atoms with van der Waals surface area (Å²) in [5.74, 6) is 0.220. The van der Waals surface area contributed by atoms with Gasteiger partial charge in [0.15, 0.2) is 0 Å². The molecule has 3 aromatic carbocycles. The van der Waals surface area contributed by atoms with Crippen molar-refractivity contribution in [1.29, 1.82) is 0 Å². The lowest BCUT2D eigenvalue weighted by atomic mass is 9.96. The van der Waals surface area contributed by atoms with Crippen LogP contribution in [0.5, 0.6) is 0 Å². The molecule has 0 unspecified atom stereocenters. The van der Waals surface area contributed by atoms with E-state index in [9.17, 15) is 4.79 Å². The van der Waals surface area contributed by atoms with Crippen molar-refractivity contribution in [2.45, 2.75) is 19.4 Å². The van der Waals surface area contributed by atoms with Crippen LogP contribution in [-0.4, -0.2) is 18.2 Å². The maximum absolute atomic E-state index is 12.1. The molecule has 0 saturated carbocycles. The Bertz CT molecular complexity index is 1050. The minimum absolute atomic E-state index is 0.220. The van der Waals surface area contributed by atoms with E-state index in [0.717, 1.165) is 35.5 Å². The zero-order chi connectivity index (χ0) is 18.2. The lowest BCUT2D eigenvalue weighted by Crippen LogP contribution is -2.23. The van der Waals surface area contributed by atoms with Crippen molar-refractivity contribution in [2.24, 2.45) is 4.99 Å². The van der Waals surface area contributed by atoms with Gasteiger partial charge in [0.05, 0.1) is 12.3 Å². The Labute approximate surface area is 159 Å². The van der Waals surface area contributed by atoms with E-state index in [0.29, 0.717) is 13.0 Å². The number of benzene rings is 3. The number of anilines is 1. The third-order valence-electron chi connectivity index (χ3n) is 5.38. The van der Waals surface area contributed by atoms with E-state index in [2.05, 4.69) is 66.7 Å². The number of amides is 1. The Morgan fingerprint density at radius 2 is 1.63 bits per heavy atom. The third kappa shape index (κ3) is 2.85. The molecule has 132 valence electrons. The SMILES string of the molecule is O=C1CCCN1c1ccc2c(c1)C(c1cccc(-c3ccccc3)c1)=NC2. The first-order valence-corrected chi connectivity index (χ1v) is 9.43. The van der Waals surface area contributed by atoms with E-state index >= 15 is 0 Å². The molecule has 2 aliphatic heterocycles. The standard InChI is InChI=1S/C24H20N2O/c27-23-10-5-13-26(23)21-12-11-20-16-25-24(22(20)15-21)19-9-4-8-18(14-19)17-6-2-1-3-7-17/h1-4,6-9,11-12,14-15H,5,10,13,16H2. The molecular formula is C24H20N2O. The number of carbonyl (C=O) groups is 1. The predicted octanol–water partition coefficient (Wildman–Crippen LogP) is 4.83. The Balaban J connectivity index is 1.53. The van der Waals surface area contributed by atoms with Crippen molar-refractivity contribution < 1.29 is 4.79 Å². The van der Waals surface area contributed by atoms with Gasteiger partial charge in [-0.2, -0.15) is 0 Å². The van der Waals surface area contributed by atoms with Crippen LogP contribution in [0.15, 0.2) is 77.8 Å². The summed E-state index contributed by atoms with van der Waals surface area (Å²) in [5, 5.41) is 0. The molecule has 0 aliphatic carbocycles. The highest BCUT2D eigenvalue weighted by molar-refractivity contribution is 6.16. The second kappa shape index (κ2) is 6.51. The van der Waals surface area contributed by atoms with Crippen LogP contribution in [0.3, 0.4) is 0 Å². The maximum atomic E-state index is 12.1. The molecule has 1 amide bonds. The molecule has 0 aromatic heterocycles. The number of rotatable bonds is 3. The van der Waals surface area contributed by atoms with Crippen LogP contribution in [0, 0.1) is 0 Å². The van der Waals surface area contributed by atoms with Gasteiger partial charge in [-0.25, -0.2) is 0 Å². The minimum Gasteiger partial charge on any atom is -0.312 e. The molecule has 1 saturated heterocycles. The zero-order valence-corrected chi connectivity index (χ0v) is 15.1. The van der Waals surface area contributed by atoms with E-state index in [1.165, 1.54) is 16.7 Å². The van der Waals surface area contributed by atoms with Crippen molar-refractivity contribution in [3.05, 3.63) is 89.5 Å². The normalized spacial score (nSPS) is 15.8. The fourth-order valence-corrected chi connectivity index (χ4v) is 3.98. The van der Waals surface area contributed by atoms with E-state index in [-0.39, 0.29) is 5.91 Å². The zero-order valence-electron chi connectivity index (χ0n) is 15.1. The van der Waals surface area contributed by atoms with Crippen LogP contribution < -0.4 is 4.90 Å². The van der Waals surface area contributed by atoms with Crippen LogP contribution in [0.25, 0.3) is 11.1 Å². The first kappa shape index (κ1) is 16.0. The minimum atomic E-state index is 0.220. The van der Waals surface area contributed by atoms with Gasteiger partial charge in [-0.15, -0.1) is 0 Å². The number of carbonyl (C=O) groups excluding carboxylic acids is 1. The fraction of sp³-hybridized carbons (Fsp3) is 0.167. The molecule has 2 heterocycles. The molecule has 3 nitrogen and oxygen atoms in total. The van der Waals surface area contributed by atoms with Gasteiger partial charge in [-0.3, -0.25) is 9.79 Å². The maximum Gasteiger partial charge on any atom is 0.227 e.